The van der Waals surface area contributed by atoms with Crippen molar-refractivity contribution >= 4 is 34.8 Å². The first-order valence-corrected chi connectivity index (χ1v) is 10.2. The predicted molar refractivity (Wildman–Crippen MR) is 117 cm³/mol. The Hall–Kier alpha value is -2.52. The number of piperidine rings is 1. The molecule has 1 aliphatic rings. The predicted octanol–water partition coefficient (Wildman–Crippen LogP) is 4.59. The standard InChI is InChI=1S/C22H22Cl2N4O/c23-19-7-4-8-20(21(19)24)27-22(29)17(13-25)14-26-18-9-11-28(12-10-18)15-16-5-2-1-3-6-16/h1-8,14,18,26H,9-12,15H2,(H,27,29)/b17-14-. The number of rotatable bonds is 6. The van der Waals surface area contributed by atoms with Gasteiger partial charge in [0.1, 0.15) is 11.6 Å². The third-order valence-corrected chi connectivity index (χ3v) is 5.68. The number of hydrogen-bond donors (Lipinski definition) is 2. The van der Waals surface area contributed by atoms with Crippen LogP contribution < -0.4 is 10.6 Å². The normalized spacial score (nSPS) is 15.6. The van der Waals surface area contributed by atoms with Crippen LogP contribution in [-0.2, 0) is 11.3 Å². The molecule has 0 radical (unpaired) electrons. The van der Waals surface area contributed by atoms with Crippen LogP contribution >= 0.6 is 23.2 Å². The van der Waals surface area contributed by atoms with Gasteiger partial charge in [0, 0.05) is 31.9 Å². The van der Waals surface area contributed by atoms with Gasteiger partial charge in [0.25, 0.3) is 5.91 Å². The van der Waals surface area contributed by atoms with Gasteiger partial charge in [-0.15, -0.1) is 0 Å². The van der Waals surface area contributed by atoms with Crippen molar-refractivity contribution in [2.75, 3.05) is 18.4 Å². The summed E-state index contributed by atoms with van der Waals surface area (Å²) in [7, 11) is 0. The molecule has 7 heteroatoms. The van der Waals surface area contributed by atoms with Gasteiger partial charge in [-0.05, 0) is 30.5 Å². The van der Waals surface area contributed by atoms with Crippen LogP contribution in [0.1, 0.15) is 18.4 Å². The molecule has 0 unspecified atom stereocenters. The molecule has 1 aliphatic heterocycles. The monoisotopic (exact) mass is 428 g/mol. The molecular weight excluding hydrogens is 407 g/mol. The smallest absolute Gasteiger partial charge is 0.267 e. The maximum absolute atomic E-state index is 12.4. The minimum absolute atomic E-state index is 0.00671. The number of likely N-dealkylation sites (tertiary alicyclic amines) is 1. The number of carbonyl (C=O) groups excluding carboxylic acids is 1. The van der Waals surface area contributed by atoms with Gasteiger partial charge in [-0.25, -0.2) is 0 Å². The zero-order valence-electron chi connectivity index (χ0n) is 15.9. The lowest BCUT2D eigenvalue weighted by atomic mass is 10.0. The van der Waals surface area contributed by atoms with Crippen LogP contribution in [0, 0.1) is 11.3 Å². The highest BCUT2D eigenvalue weighted by Crippen LogP contribution is 2.29. The molecule has 1 fully saturated rings. The van der Waals surface area contributed by atoms with Gasteiger partial charge in [-0.1, -0.05) is 59.6 Å². The van der Waals surface area contributed by atoms with Gasteiger partial charge in [-0.3, -0.25) is 9.69 Å². The molecule has 2 aromatic carbocycles. The number of anilines is 1. The van der Waals surface area contributed by atoms with Crippen LogP contribution in [-0.4, -0.2) is 29.9 Å². The molecule has 150 valence electrons. The number of nitriles is 1. The van der Waals surface area contributed by atoms with E-state index < -0.39 is 5.91 Å². The van der Waals surface area contributed by atoms with Crippen molar-refractivity contribution in [3.8, 4) is 6.07 Å². The van der Waals surface area contributed by atoms with E-state index in [9.17, 15) is 10.1 Å². The van der Waals surface area contributed by atoms with Crippen LogP contribution in [0.2, 0.25) is 10.0 Å². The van der Waals surface area contributed by atoms with Crippen LogP contribution in [0.3, 0.4) is 0 Å². The van der Waals surface area contributed by atoms with E-state index in [2.05, 4.69) is 39.8 Å². The molecule has 2 aromatic rings. The van der Waals surface area contributed by atoms with Crippen molar-refractivity contribution in [2.24, 2.45) is 0 Å². The molecule has 2 N–H and O–H groups in total. The Labute approximate surface area is 180 Å². The third kappa shape index (κ3) is 5.98. The topological polar surface area (TPSA) is 68.2 Å². The molecule has 1 saturated heterocycles. The van der Waals surface area contributed by atoms with Crippen LogP contribution in [0.4, 0.5) is 5.69 Å². The number of nitrogens with zero attached hydrogens (tertiary/aromatic N) is 2. The van der Waals surface area contributed by atoms with Gasteiger partial charge in [0.15, 0.2) is 0 Å². The van der Waals surface area contributed by atoms with E-state index in [1.54, 1.807) is 18.2 Å². The minimum atomic E-state index is -0.523. The summed E-state index contributed by atoms with van der Waals surface area (Å²) in [5.74, 6) is -0.523. The van der Waals surface area contributed by atoms with Crippen molar-refractivity contribution in [1.82, 2.24) is 10.2 Å². The Balaban J connectivity index is 1.51. The fourth-order valence-electron chi connectivity index (χ4n) is 3.24. The van der Waals surface area contributed by atoms with Gasteiger partial charge in [0.05, 0.1) is 15.7 Å². The van der Waals surface area contributed by atoms with Gasteiger partial charge in [0.2, 0.25) is 0 Å². The number of halogens is 2. The Morgan fingerprint density at radius 1 is 1.14 bits per heavy atom. The Kier molecular flexibility index (Phi) is 7.54. The number of benzene rings is 2. The maximum atomic E-state index is 12.4. The lowest BCUT2D eigenvalue weighted by Gasteiger charge is -2.32. The van der Waals surface area contributed by atoms with Crippen LogP contribution in [0.5, 0.6) is 0 Å². The highest BCUT2D eigenvalue weighted by Gasteiger charge is 2.19. The molecule has 3 rings (SSSR count). The first-order valence-electron chi connectivity index (χ1n) is 9.45. The number of hydrogen-bond acceptors (Lipinski definition) is 4. The Morgan fingerprint density at radius 2 is 1.86 bits per heavy atom. The van der Waals surface area contributed by atoms with Crippen molar-refractivity contribution in [3.63, 3.8) is 0 Å². The average Bonchev–Trinajstić information content (AvgIpc) is 2.74. The first kappa shape index (κ1) is 21.2. The number of nitrogens with one attached hydrogen (secondary N) is 2. The van der Waals surface area contributed by atoms with E-state index in [0.717, 1.165) is 32.5 Å². The summed E-state index contributed by atoms with van der Waals surface area (Å²) in [6, 6.07) is 17.5. The second kappa shape index (κ2) is 10.3. The highest BCUT2D eigenvalue weighted by molar-refractivity contribution is 6.44. The lowest BCUT2D eigenvalue weighted by Crippen LogP contribution is -2.40. The molecule has 1 heterocycles. The van der Waals surface area contributed by atoms with Crippen LogP contribution in [0.15, 0.2) is 60.3 Å². The third-order valence-electron chi connectivity index (χ3n) is 4.86. The highest BCUT2D eigenvalue weighted by atomic mass is 35.5. The fraction of sp³-hybridized carbons (Fsp3) is 0.273. The summed E-state index contributed by atoms with van der Waals surface area (Å²) in [6.45, 7) is 2.87. The molecule has 5 nitrogen and oxygen atoms in total. The van der Waals surface area contributed by atoms with E-state index in [4.69, 9.17) is 23.2 Å². The molecule has 1 amide bonds. The SMILES string of the molecule is N#C/C(=C/NC1CCN(Cc2ccccc2)CC1)C(=O)Nc1cccc(Cl)c1Cl. The molecular formula is C22H22Cl2N4O. The molecule has 29 heavy (non-hydrogen) atoms. The second-order valence-electron chi connectivity index (χ2n) is 6.93. The van der Waals surface area contributed by atoms with Gasteiger partial charge < -0.3 is 10.6 Å². The number of carbonyl (C=O) groups is 1. The molecule has 0 aliphatic carbocycles. The minimum Gasteiger partial charge on any atom is -0.387 e. The zero-order chi connectivity index (χ0) is 20.6. The van der Waals surface area contributed by atoms with E-state index in [0.29, 0.717) is 10.7 Å². The van der Waals surface area contributed by atoms with Crippen molar-refractivity contribution in [1.29, 1.82) is 5.26 Å². The summed E-state index contributed by atoms with van der Waals surface area (Å²) in [5, 5.41) is 15.8. The summed E-state index contributed by atoms with van der Waals surface area (Å²) in [5.41, 5.74) is 1.68. The lowest BCUT2D eigenvalue weighted by molar-refractivity contribution is -0.112. The molecule has 0 aromatic heterocycles. The summed E-state index contributed by atoms with van der Waals surface area (Å²) in [6.07, 6.45) is 3.39. The second-order valence-corrected chi connectivity index (χ2v) is 7.71. The van der Waals surface area contributed by atoms with Gasteiger partial charge in [-0.2, -0.15) is 5.26 Å². The Bertz CT molecular complexity index is 916. The molecule has 0 spiro atoms. The fourth-order valence-corrected chi connectivity index (χ4v) is 3.59. The first-order chi connectivity index (χ1) is 14.1. The quantitative estimate of drug-likeness (QED) is 0.521. The maximum Gasteiger partial charge on any atom is 0.267 e. The number of amides is 1. The van der Waals surface area contributed by atoms with Crippen molar-refractivity contribution in [3.05, 3.63) is 75.9 Å². The molecule has 0 atom stereocenters. The van der Waals surface area contributed by atoms with E-state index >= 15 is 0 Å². The van der Waals surface area contributed by atoms with Crippen molar-refractivity contribution in [2.45, 2.75) is 25.4 Å². The van der Waals surface area contributed by atoms with Crippen molar-refractivity contribution < 1.29 is 4.79 Å². The molecule has 0 saturated carbocycles. The largest absolute Gasteiger partial charge is 0.387 e. The summed E-state index contributed by atoms with van der Waals surface area (Å²) < 4.78 is 0. The zero-order valence-corrected chi connectivity index (χ0v) is 17.4. The average molecular weight is 429 g/mol. The van der Waals surface area contributed by atoms with E-state index in [-0.39, 0.29) is 16.6 Å². The van der Waals surface area contributed by atoms with E-state index in [1.807, 2.05) is 12.1 Å². The summed E-state index contributed by atoms with van der Waals surface area (Å²) >= 11 is 12.0. The molecule has 0 bridgehead atoms. The Morgan fingerprint density at radius 3 is 2.55 bits per heavy atom. The van der Waals surface area contributed by atoms with Gasteiger partial charge >= 0.3 is 0 Å². The summed E-state index contributed by atoms with van der Waals surface area (Å²) in [4.78, 5) is 14.8. The van der Waals surface area contributed by atoms with Crippen LogP contribution in [0.25, 0.3) is 0 Å². The van der Waals surface area contributed by atoms with E-state index in [1.165, 1.54) is 11.8 Å².